The molecule has 0 saturated heterocycles. The molecule has 0 radical (unpaired) electrons. The number of rotatable bonds is 6. The Morgan fingerprint density at radius 1 is 1.24 bits per heavy atom. The minimum Gasteiger partial charge on any atom is -0.497 e. The molecule has 1 fully saturated rings. The Balaban J connectivity index is 2.04. The van der Waals surface area contributed by atoms with E-state index in [1.807, 2.05) is 19.1 Å². The van der Waals surface area contributed by atoms with Crippen LogP contribution in [-0.4, -0.2) is 19.3 Å². The number of ether oxygens (including phenoxy) is 2. The van der Waals surface area contributed by atoms with E-state index in [1.54, 1.807) is 7.11 Å². The topological polar surface area (TPSA) is 44.5 Å². The van der Waals surface area contributed by atoms with E-state index in [0.717, 1.165) is 23.7 Å². The summed E-state index contributed by atoms with van der Waals surface area (Å²) >= 11 is 0. The van der Waals surface area contributed by atoms with Crippen LogP contribution in [0.25, 0.3) is 0 Å². The van der Waals surface area contributed by atoms with Gasteiger partial charge in [0.25, 0.3) is 0 Å². The quantitative estimate of drug-likeness (QED) is 0.859. The molecule has 3 nitrogen and oxygen atoms in total. The van der Waals surface area contributed by atoms with Gasteiger partial charge in [-0.1, -0.05) is 38.3 Å². The van der Waals surface area contributed by atoms with Gasteiger partial charge in [0.05, 0.1) is 19.3 Å². The molecule has 0 bridgehead atoms. The smallest absolute Gasteiger partial charge is 0.118 e. The first-order chi connectivity index (χ1) is 10.1. The zero-order valence-electron chi connectivity index (χ0n) is 13.5. The largest absolute Gasteiger partial charge is 0.497 e. The maximum atomic E-state index is 6.38. The molecule has 1 aromatic carbocycles. The maximum Gasteiger partial charge on any atom is 0.118 e. The van der Waals surface area contributed by atoms with Crippen molar-refractivity contribution in [1.82, 2.24) is 0 Å². The van der Waals surface area contributed by atoms with Gasteiger partial charge < -0.3 is 15.2 Å². The van der Waals surface area contributed by atoms with Crippen molar-refractivity contribution >= 4 is 0 Å². The van der Waals surface area contributed by atoms with Gasteiger partial charge in [-0.2, -0.15) is 0 Å². The monoisotopic (exact) mass is 291 g/mol. The van der Waals surface area contributed by atoms with Gasteiger partial charge in [0.1, 0.15) is 5.75 Å². The van der Waals surface area contributed by atoms with Crippen molar-refractivity contribution in [3.8, 4) is 5.75 Å². The lowest BCUT2D eigenvalue weighted by Crippen LogP contribution is -2.32. The van der Waals surface area contributed by atoms with Gasteiger partial charge in [-0.15, -0.1) is 0 Å². The molecule has 1 aromatic rings. The van der Waals surface area contributed by atoms with Crippen LogP contribution in [0.1, 0.15) is 57.6 Å². The Hall–Kier alpha value is -1.06. The van der Waals surface area contributed by atoms with Crippen molar-refractivity contribution in [3.05, 3.63) is 29.8 Å². The van der Waals surface area contributed by atoms with Gasteiger partial charge in [-0.05, 0) is 43.4 Å². The first-order valence-corrected chi connectivity index (χ1v) is 8.19. The van der Waals surface area contributed by atoms with Crippen molar-refractivity contribution < 1.29 is 9.47 Å². The van der Waals surface area contributed by atoms with Crippen molar-refractivity contribution in [2.45, 2.75) is 64.2 Å². The normalized spacial score (nSPS) is 25.3. The van der Waals surface area contributed by atoms with Gasteiger partial charge in [0.2, 0.25) is 0 Å². The predicted molar refractivity (Wildman–Crippen MR) is 86.5 cm³/mol. The first-order valence-electron chi connectivity index (χ1n) is 8.19. The molecule has 118 valence electrons. The predicted octanol–water partition coefficient (Wildman–Crippen LogP) is 4.07. The van der Waals surface area contributed by atoms with Crippen molar-refractivity contribution in [3.63, 3.8) is 0 Å². The third-order valence-electron chi connectivity index (χ3n) is 4.57. The lowest BCUT2D eigenvalue weighted by atomic mass is 9.85. The maximum absolute atomic E-state index is 6.38. The average molecular weight is 291 g/mol. The highest BCUT2D eigenvalue weighted by molar-refractivity contribution is 5.29. The van der Waals surface area contributed by atoms with E-state index in [9.17, 15) is 0 Å². The SMILES string of the molecule is CCC1CCCC(OC(c2ccc(OC)cc2)C(C)N)C1. The van der Waals surface area contributed by atoms with E-state index in [-0.39, 0.29) is 12.1 Å². The molecule has 0 spiro atoms. The molecule has 1 aliphatic rings. The van der Waals surface area contributed by atoms with E-state index < -0.39 is 0 Å². The highest BCUT2D eigenvalue weighted by Crippen LogP contribution is 2.33. The van der Waals surface area contributed by atoms with E-state index >= 15 is 0 Å². The van der Waals surface area contributed by atoms with Crippen LogP contribution < -0.4 is 10.5 Å². The van der Waals surface area contributed by atoms with Gasteiger partial charge in [-0.3, -0.25) is 0 Å². The molecule has 0 aromatic heterocycles. The minimum absolute atomic E-state index is 0.0135. The van der Waals surface area contributed by atoms with Crippen LogP contribution >= 0.6 is 0 Å². The zero-order valence-corrected chi connectivity index (χ0v) is 13.5. The Kier molecular flexibility index (Phi) is 6.07. The molecule has 1 aliphatic carbocycles. The Bertz CT molecular complexity index is 416. The van der Waals surface area contributed by atoms with E-state index in [2.05, 4.69) is 19.1 Å². The summed E-state index contributed by atoms with van der Waals surface area (Å²) in [7, 11) is 1.68. The molecule has 2 N–H and O–H groups in total. The fraction of sp³-hybridized carbons (Fsp3) is 0.667. The summed E-state index contributed by atoms with van der Waals surface area (Å²) in [6.07, 6.45) is 6.54. The number of hydrogen-bond acceptors (Lipinski definition) is 3. The molecule has 4 atom stereocenters. The van der Waals surface area contributed by atoms with Gasteiger partial charge >= 0.3 is 0 Å². The van der Waals surface area contributed by atoms with Gasteiger partial charge in [0, 0.05) is 6.04 Å². The molecule has 3 heteroatoms. The number of nitrogens with two attached hydrogens (primary N) is 1. The van der Waals surface area contributed by atoms with Crippen LogP contribution in [0, 0.1) is 5.92 Å². The molecular weight excluding hydrogens is 262 g/mol. The lowest BCUT2D eigenvalue weighted by molar-refractivity contribution is -0.0508. The first kappa shape index (κ1) is 16.3. The summed E-state index contributed by atoms with van der Waals surface area (Å²) in [4.78, 5) is 0. The molecule has 1 saturated carbocycles. The second kappa shape index (κ2) is 7.81. The Morgan fingerprint density at radius 2 is 1.95 bits per heavy atom. The molecular formula is C18H29NO2. The average Bonchev–Trinajstić information content (AvgIpc) is 2.52. The van der Waals surface area contributed by atoms with Crippen LogP contribution in [0.4, 0.5) is 0 Å². The van der Waals surface area contributed by atoms with Crippen LogP contribution in [0.3, 0.4) is 0 Å². The molecule has 0 aliphatic heterocycles. The fourth-order valence-corrected chi connectivity index (χ4v) is 3.24. The molecule has 2 rings (SSSR count). The molecule has 0 amide bonds. The van der Waals surface area contributed by atoms with Crippen LogP contribution in [0.15, 0.2) is 24.3 Å². The molecule has 21 heavy (non-hydrogen) atoms. The third-order valence-corrected chi connectivity index (χ3v) is 4.57. The molecule has 4 unspecified atom stereocenters. The lowest BCUT2D eigenvalue weighted by Gasteiger charge is -2.33. The van der Waals surface area contributed by atoms with Crippen molar-refractivity contribution in [1.29, 1.82) is 0 Å². The van der Waals surface area contributed by atoms with E-state index in [1.165, 1.54) is 25.7 Å². The Morgan fingerprint density at radius 3 is 2.52 bits per heavy atom. The Labute approximate surface area is 128 Å². The van der Waals surface area contributed by atoms with E-state index in [4.69, 9.17) is 15.2 Å². The summed E-state index contributed by atoms with van der Waals surface area (Å²) < 4.78 is 11.6. The summed E-state index contributed by atoms with van der Waals surface area (Å²) in [5, 5.41) is 0. The van der Waals surface area contributed by atoms with Crippen LogP contribution in [0.2, 0.25) is 0 Å². The second-order valence-corrected chi connectivity index (χ2v) is 6.25. The summed E-state index contributed by atoms with van der Waals surface area (Å²) in [6, 6.07) is 8.06. The van der Waals surface area contributed by atoms with Gasteiger partial charge in [-0.25, -0.2) is 0 Å². The minimum atomic E-state index is -0.0310. The number of methoxy groups -OCH3 is 1. The summed E-state index contributed by atoms with van der Waals surface area (Å²) in [6.45, 7) is 4.30. The number of benzene rings is 1. The highest BCUT2D eigenvalue weighted by atomic mass is 16.5. The van der Waals surface area contributed by atoms with Crippen LogP contribution in [-0.2, 0) is 4.74 Å². The number of hydrogen-bond donors (Lipinski definition) is 1. The highest BCUT2D eigenvalue weighted by Gasteiger charge is 2.26. The third kappa shape index (κ3) is 4.45. The van der Waals surface area contributed by atoms with Crippen molar-refractivity contribution in [2.75, 3.05) is 7.11 Å². The fourth-order valence-electron chi connectivity index (χ4n) is 3.24. The standard InChI is InChI=1S/C18H29NO2/c1-4-14-6-5-7-17(12-14)21-18(13(2)19)15-8-10-16(20-3)11-9-15/h8-11,13-14,17-18H,4-7,12,19H2,1-3H3. The summed E-state index contributed by atoms with van der Waals surface area (Å²) in [5.74, 6) is 1.68. The van der Waals surface area contributed by atoms with Crippen LogP contribution in [0.5, 0.6) is 5.75 Å². The van der Waals surface area contributed by atoms with E-state index in [0.29, 0.717) is 6.10 Å². The van der Waals surface area contributed by atoms with Gasteiger partial charge in [0.15, 0.2) is 0 Å². The second-order valence-electron chi connectivity index (χ2n) is 6.25. The zero-order chi connectivity index (χ0) is 15.2. The van der Waals surface area contributed by atoms with Crippen molar-refractivity contribution in [2.24, 2.45) is 11.7 Å². The summed E-state index contributed by atoms with van der Waals surface area (Å²) in [5.41, 5.74) is 7.31. The molecule has 0 heterocycles.